The normalized spacial score (nSPS) is 17.3. The lowest BCUT2D eigenvalue weighted by Crippen LogP contribution is -2.43. The molecule has 1 aliphatic rings. The van der Waals surface area contributed by atoms with Crippen molar-refractivity contribution in [1.29, 1.82) is 0 Å². The minimum absolute atomic E-state index is 0.646. The van der Waals surface area contributed by atoms with Gasteiger partial charge in [-0.2, -0.15) is 0 Å². The Balaban J connectivity index is 2.03. The highest BCUT2D eigenvalue weighted by molar-refractivity contribution is 6.30. The van der Waals surface area contributed by atoms with Crippen molar-refractivity contribution in [1.82, 2.24) is 15.2 Å². The second-order valence-electron chi connectivity index (χ2n) is 4.90. The summed E-state index contributed by atoms with van der Waals surface area (Å²) in [5.41, 5.74) is 1.14. The van der Waals surface area contributed by atoms with Crippen LogP contribution in [-0.4, -0.2) is 35.6 Å². The molecule has 100 valence electrons. The lowest BCUT2D eigenvalue weighted by molar-refractivity contribution is 0.154. The summed E-state index contributed by atoms with van der Waals surface area (Å²) in [5.74, 6) is 0. The van der Waals surface area contributed by atoms with Crippen molar-refractivity contribution in [2.45, 2.75) is 38.8 Å². The third kappa shape index (κ3) is 3.67. The molecule has 0 atom stereocenters. The molecule has 0 saturated carbocycles. The Morgan fingerprint density at radius 2 is 2.22 bits per heavy atom. The predicted molar refractivity (Wildman–Crippen MR) is 75.8 cm³/mol. The van der Waals surface area contributed by atoms with Crippen LogP contribution in [0, 0.1) is 0 Å². The minimum Gasteiger partial charge on any atom is -0.317 e. The summed E-state index contributed by atoms with van der Waals surface area (Å²) in [6, 6.07) is 4.73. The van der Waals surface area contributed by atoms with Crippen LogP contribution in [0.4, 0.5) is 0 Å². The Morgan fingerprint density at radius 1 is 1.44 bits per heavy atom. The second kappa shape index (κ2) is 7.07. The fourth-order valence-electron chi connectivity index (χ4n) is 2.61. The van der Waals surface area contributed by atoms with Gasteiger partial charge in [0.2, 0.25) is 0 Å². The van der Waals surface area contributed by atoms with Gasteiger partial charge in [0.1, 0.15) is 5.15 Å². The topological polar surface area (TPSA) is 28.2 Å². The molecule has 1 aromatic rings. The first-order valence-corrected chi connectivity index (χ1v) is 7.23. The smallest absolute Gasteiger partial charge is 0.133 e. The predicted octanol–water partition coefficient (Wildman–Crippen LogP) is 2.70. The van der Waals surface area contributed by atoms with E-state index in [0.717, 1.165) is 31.7 Å². The summed E-state index contributed by atoms with van der Waals surface area (Å²) in [5, 5.41) is 4.07. The average molecular weight is 268 g/mol. The fraction of sp³-hybridized carbons (Fsp3) is 0.643. The van der Waals surface area contributed by atoms with Crippen LogP contribution in [0.15, 0.2) is 18.3 Å². The van der Waals surface area contributed by atoms with Crippen LogP contribution in [-0.2, 0) is 6.54 Å². The molecule has 4 heteroatoms. The number of nitrogens with zero attached hydrogens (tertiary/aromatic N) is 2. The van der Waals surface area contributed by atoms with Crippen LogP contribution in [0.5, 0.6) is 0 Å². The third-order valence-electron chi connectivity index (χ3n) is 3.55. The number of aromatic nitrogens is 1. The summed E-state index contributed by atoms with van der Waals surface area (Å²) in [7, 11) is 0. The van der Waals surface area contributed by atoms with Gasteiger partial charge in [0.05, 0.1) is 0 Å². The van der Waals surface area contributed by atoms with Crippen molar-refractivity contribution in [2.24, 2.45) is 0 Å². The van der Waals surface area contributed by atoms with Crippen LogP contribution < -0.4 is 5.32 Å². The Morgan fingerprint density at radius 3 is 2.89 bits per heavy atom. The first-order valence-electron chi connectivity index (χ1n) is 6.85. The van der Waals surface area contributed by atoms with Gasteiger partial charge in [-0.05, 0) is 45.0 Å². The van der Waals surface area contributed by atoms with Crippen LogP contribution >= 0.6 is 11.6 Å². The van der Waals surface area contributed by atoms with Gasteiger partial charge in [-0.1, -0.05) is 24.6 Å². The highest BCUT2D eigenvalue weighted by Gasteiger charge is 2.21. The largest absolute Gasteiger partial charge is 0.317 e. The molecule has 2 rings (SSSR count). The molecule has 1 N–H and O–H groups in total. The molecule has 0 aromatic carbocycles. The summed E-state index contributed by atoms with van der Waals surface area (Å²) >= 11 is 6.16. The van der Waals surface area contributed by atoms with Gasteiger partial charge in [-0.15, -0.1) is 0 Å². The standard InChI is InChI=1S/C14H22ClN3/c1-2-10-18(13-5-8-16-9-6-13)11-12-4-3-7-17-14(12)15/h3-4,7,13,16H,2,5-6,8-11H2,1H3. The van der Waals surface area contributed by atoms with Crippen molar-refractivity contribution >= 4 is 11.6 Å². The van der Waals surface area contributed by atoms with Gasteiger partial charge in [-0.25, -0.2) is 4.98 Å². The summed E-state index contributed by atoms with van der Waals surface area (Å²) in [6.07, 6.45) is 5.40. The van der Waals surface area contributed by atoms with E-state index in [2.05, 4.69) is 28.2 Å². The van der Waals surface area contributed by atoms with Crippen molar-refractivity contribution in [3.05, 3.63) is 29.0 Å². The quantitative estimate of drug-likeness (QED) is 0.832. The molecule has 0 radical (unpaired) electrons. The Labute approximate surface area is 115 Å². The number of piperidine rings is 1. The van der Waals surface area contributed by atoms with E-state index in [9.17, 15) is 0 Å². The second-order valence-corrected chi connectivity index (χ2v) is 5.26. The molecule has 18 heavy (non-hydrogen) atoms. The van der Waals surface area contributed by atoms with Crippen LogP contribution in [0.1, 0.15) is 31.7 Å². The molecule has 0 amide bonds. The monoisotopic (exact) mass is 267 g/mol. The zero-order chi connectivity index (χ0) is 12.8. The zero-order valence-electron chi connectivity index (χ0n) is 11.0. The van der Waals surface area contributed by atoms with Gasteiger partial charge in [0.25, 0.3) is 0 Å². The lowest BCUT2D eigenvalue weighted by Gasteiger charge is -2.34. The van der Waals surface area contributed by atoms with Gasteiger partial charge >= 0.3 is 0 Å². The summed E-state index contributed by atoms with van der Waals surface area (Å²) < 4.78 is 0. The van der Waals surface area contributed by atoms with E-state index < -0.39 is 0 Å². The molecular weight excluding hydrogens is 246 g/mol. The van der Waals surface area contributed by atoms with Crippen molar-refractivity contribution in [2.75, 3.05) is 19.6 Å². The SMILES string of the molecule is CCCN(Cc1cccnc1Cl)C1CCNCC1. The molecule has 0 unspecified atom stereocenters. The number of hydrogen-bond acceptors (Lipinski definition) is 3. The fourth-order valence-corrected chi connectivity index (χ4v) is 2.78. The molecule has 0 spiro atoms. The van der Waals surface area contributed by atoms with Crippen LogP contribution in [0.3, 0.4) is 0 Å². The summed E-state index contributed by atoms with van der Waals surface area (Å²) in [4.78, 5) is 6.72. The van der Waals surface area contributed by atoms with Gasteiger partial charge in [0.15, 0.2) is 0 Å². The van der Waals surface area contributed by atoms with E-state index in [1.165, 1.54) is 19.3 Å². The van der Waals surface area contributed by atoms with Gasteiger partial charge < -0.3 is 5.32 Å². The minimum atomic E-state index is 0.646. The van der Waals surface area contributed by atoms with Crippen molar-refractivity contribution < 1.29 is 0 Å². The maximum atomic E-state index is 6.16. The molecule has 1 fully saturated rings. The third-order valence-corrected chi connectivity index (χ3v) is 3.89. The highest BCUT2D eigenvalue weighted by Crippen LogP contribution is 2.19. The van der Waals surface area contributed by atoms with Gasteiger partial charge in [0, 0.05) is 24.3 Å². The summed E-state index contributed by atoms with van der Waals surface area (Å²) in [6.45, 7) is 6.55. The number of hydrogen-bond donors (Lipinski definition) is 1. The molecule has 3 nitrogen and oxygen atoms in total. The molecule has 0 bridgehead atoms. The maximum Gasteiger partial charge on any atom is 0.133 e. The van der Waals surface area contributed by atoms with E-state index >= 15 is 0 Å². The molecule has 2 heterocycles. The lowest BCUT2D eigenvalue weighted by atomic mass is 10.0. The molecule has 0 aliphatic carbocycles. The van der Waals surface area contributed by atoms with E-state index in [-0.39, 0.29) is 0 Å². The molecule has 1 saturated heterocycles. The number of pyridine rings is 1. The van der Waals surface area contributed by atoms with E-state index in [0.29, 0.717) is 11.2 Å². The Bertz CT molecular complexity index is 364. The van der Waals surface area contributed by atoms with Crippen molar-refractivity contribution in [3.8, 4) is 0 Å². The van der Waals surface area contributed by atoms with Crippen LogP contribution in [0.2, 0.25) is 5.15 Å². The first-order chi connectivity index (χ1) is 8.81. The van der Waals surface area contributed by atoms with E-state index in [4.69, 9.17) is 11.6 Å². The van der Waals surface area contributed by atoms with Crippen LogP contribution in [0.25, 0.3) is 0 Å². The highest BCUT2D eigenvalue weighted by atomic mass is 35.5. The van der Waals surface area contributed by atoms with E-state index in [1.807, 2.05) is 6.07 Å². The molecule has 1 aliphatic heterocycles. The number of halogens is 1. The molecular formula is C14H22ClN3. The first kappa shape index (κ1) is 13.8. The Kier molecular flexibility index (Phi) is 5.42. The van der Waals surface area contributed by atoms with Gasteiger partial charge in [-0.3, -0.25) is 4.90 Å². The zero-order valence-corrected chi connectivity index (χ0v) is 11.8. The average Bonchev–Trinajstić information content (AvgIpc) is 2.42. The maximum absolute atomic E-state index is 6.16. The molecule has 1 aromatic heterocycles. The number of rotatable bonds is 5. The Hall–Kier alpha value is -0.640. The van der Waals surface area contributed by atoms with Crippen molar-refractivity contribution in [3.63, 3.8) is 0 Å². The van der Waals surface area contributed by atoms with E-state index in [1.54, 1.807) is 6.20 Å². The number of nitrogens with one attached hydrogen (secondary N) is 1.